The SMILES string of the molecule is COc1ccc(-c2nnc(SCC(=O)N[C@@](C)(C#N)C3CC3)n2-c2ccccc2C(C)C)cc1. The van der Waals surface area contributed by atoms with Crippen LogP contribution in [0.5, 0.6) is 5.75 Å². The molecule has 1 heterocycles. The Labute approximate surface area is 204 Å². The van der Waals surface area contributed by atoms with Gasteiger partial charge in [0.05, 0.1) is 24.6 Å². The number of aromatic nitrogens is 3. The van der Waals surface area contributed by atoms with E-state index in [1.54, 1.807) is 14.0 Å². The van der Waals surface area contributed by atoms with Gasteiger partial charge in [-0.05, 0) is 67.5 Å². The topological polar surface area (TPSA) is 92.8 Å². The number of carbonyl (C=O) groups is 1. The Morgan fingerprint density at radius 1 is 1.24 bits per heavy atom. The van der Waals surface area contributed by atoms with Gasteiger partial charge in [-0.1, -0.05) is 43.8 Å². The average molecular weight is 476 g/mol. The van der Waals surface area contributed by atoms with Gasteiger partial charge >= 0.3 is 0 Å². The van der Waals surface area contributed by atoms with Gasteiger partial charge in [-0.2, -0.15) is 5.26 Å². The van der Waals surface area contributed by atoms with E-state index in [0.29, 0.717) is 16.9 Å². The fourth-order valence-corrected chi connectivity index (χ4v) is 4.77. The second-order valence-electron chi connectivity index (χ2n) is 9.01. The molecule has 1 aliphatic rings. The molecule has 1 aromatic heterocycles. The standard InChI is InChI=1S/C26H29N5O2S/c1-17(2)21-7-5-6-8-22(21)31-24(18-9-13-20(33-4)14-10-18)29-30-25(31)34-15-23(32)28-26(3,16-27)19-11-12-19/h5-10,13-14,17,19H,11-12,15H2,1-4H3,(H,28,32)/t26-/m0/s1. The van der Waals surface area contributed by atoms with Gasteiger partial charge in [0.25, 0.3) is 0 Å². The Morgan fingerprint density at radius 3 is 2.56 bits per heavy atom. The van der Waals surface area contributed by atoms with Gasteiger partial charge in [-0.25, -0.2) is 0 Å². The molecule has 1 N–H and O–H groups in total. The van der Waals surface area contributed by atoms with Crippen LogP contribution in [0.15, 0.2) is 53.7 Å². The van der Waals surface area contributed by atoms with Crippen LogP contribution in [0, 0.1) is 17.2 Å². The number of hydrogen-bond donors (Lipinski definition) is 1. The zero-order valence-corrected chi connectivity index (χ0v) is 20.7. The first kappa shape index (κ1) is 23.8. The van der Waals surface area contributed by atoms with Crippen molar-refractivity contribution in [2.45, 2.75) is 50.2 Å². The number of thioether (sulfide) groups is 1. The van der Waals surface area contributed by atoms with Crippen molar-refractivity contribution in [1.82, 2.24) is 20.1 Å². The number of carbonyl (C=O) groups excluding carboxylic acids is 1. The van der Waals surface area contributed by atoms with E-state index in [4.69, 9.17) is 4.74 Å². The van der Waals surface area contributed by atoms with Crippen LogP contribution in [0.1, 0.15) is 45.1 Å². The van der Waals surface area contributed by atoms with Crippen LogP contribution in [-0.4, -0.2) is 39.1 Å². The van der Waals surface area contributed by atoms with Gasteiger partial charge in [0, 0.05) is 5.56 Å². The van der Waals surface area contributed by atoms with Crippen molar-refractivity contribution in [3.8, 4) is 28.9 Å². The molecule has 0 radical (unpaired) electrons. The lowest BCUT2D eigenvalue weighted by molar-refractivity contribution is -0.119. The molecular formula is C26H29N5O2S. The quantitative estimate of drug-likeness (QED) is 0.440. The molecular weight excluding hydrogens is 446 g/mol. The Morgan fingerprint density at radius 2 is 1.94 bits per heavy atom. The Hall–Kier alpha value is -3.31. The third-order valence-electron chi connectivity index (χ3n) is 6.14. The maximum absolute atomic E-state index is 12.7. The zero-order chi connectivity index (χ0) is 24.3. The number of methoxy groups -OCH3 is 1. The van der Waals surface area contributed by atoms with Crippen LogP contribution in [0.2, 0.25) is 0 Å². The van der Waals surface area contributed by atoms with Crippen molar-refractivity contribution in [3.63, 3.8) is 0 Å². The first-order valence-corrected chi connectivity index (χ1v) is 12.4. The summed E-state index contributed by atoms with van der Waals surface area (Å²) in [6.45, 7) is 6.10. The molecule has 0 spiro atoms. The minimum atomic E-state index is -0.816. The normalized spacial score (nSPS) is 14.9. The lowest BCUT2D eigenvalue weighted by Gasteiger charge is -2.22. The van der Waals surface area contributed by atoms with E-state index in [1.807, 2.05) is 41.0 Å². The van der Waals surface area contributed by atoms with E-state index in [-0.39, 0.29) is 17.6 Å². The summed E-state index contributed by atoms with van der Waals surface area (Å²) >= 11 is 1.32. The number of para-hydroxylation sites is 1. The molecule has 1 saturated carbocycles. The Kier molecular flexibility index (Phi) is 6.94. The molecule has 1 amide bonds. The van der Waals surface area contributed by atoms with Crippen LogP contribution in [0.3, 0.4) is 0 Å². The van der Waals surface area contributed by atoms with Crippen molar-refractivity contribution in [3.05, 3.63) is 54.1 Å². The summed E-state index contributed by atoms with van der Waals surface area (Å²) in [5, 5.41) is 22.1. The number of ether oxygens (including phenoxy) is 1. The Balaban J connectivity index is 1.67. The third-order valence-corrected chi connectivity index (χ3v) is 7.07. The zero-order valence-electron chi connectivity index (χ0n) is 19.9. The maximum atomic E-state index is 12.7. The third kappa shape index (κ3) is 4.95. The molecule has 3 aromatic rings. The molecule has 176 valence electrons. The highest BCUT2D eigenvalue weighted by molar-refractivity contribution is 7.99. The highest BCUT2D eigenvalue weighted by atomic mass is 32.2. The minimum Gasteiger partial charge on any atom is -0.497 e. The molecule has 0 saturated heterocycles. The first-order valence-electron chi connectivity index (χ1n) is 11.4. The molecule has 34 heavy (non-hydrogen) atoms. The highest BCUT2D eigenvalue weighted by Gasteiger charge is 2.43. The van der Waals surface area contributed by atoms with E-state index in [1.165, 1.54) is 11.8 Å². The van der Waals surface area contributed by atoms with Gasteiger partial charge in [0.1, 0.15) is 11.3 Å². The minimum absolute atomic E-state index is 0.147. The van der Waals surface area contributed by atoms with E-state index < -0.39 is 5.54 Å². The molecule has 0 unspecified atom stereocenters. The van der Waals surface area contributed by atoms with Crippen LogP contribution < -0.4 is 10.1 Å². The van der Waals surface area contributed by atoms with E-state index >= 15 is 0 Å². The number of nitrogens with one attached hydrogen (secondary N) is 1. The number of amides is 1. The molecule has 4 rings (SSSR count). The van der Waals surface area contributed by atoms with Crippen LogP contribution >= 0.6 is 11.8 Å². The van der Waals surface area contributed by atoms with E-state index in [0.717, 1.165) is 35.4 Å². The second kappa shape index (κ2) is 9.90. The van der Waals surface area contributed by atoms with Crippen LogP contribution in [-0.2, 0) is 4.79 Å². The fourth-order valence-electron chi connectivity index (χ4n) is 4.02. The summed E-state index contributed by atoms with van der Waals surface area (Å²) in [5.74, 6) is 1.94. The molecule has 0 bridgehead atoms. The number of benzene rings is 2. The van der Waals surface area contributed by atoms with Gasteiger partial charge in [0.15, 0.2) is 11.0 Å². The Bertz CT molecular complexity index is 1210. The largest absolute Gasteiger partial charge is 0.497 e. The fraction of sp³-hybridized carbons (Fsp3) is 0.385. The predicted molar refractivity (Wildman–Crippen MR) is 133 cm³/mol. The molecule has 1 aliphatic carbocycles. The number of rotatable bonds is 9. The van der Waals surface area contributed by atoms with Gasteiger partial charge < -0.3 is 10.1 Å². The average Bonchev–Trinajstić information content (AvgIpc) is 3.63. The lowest BCUT2D eigenvalue weighted by Crippen LogP contribution is -2.47. The van der Waals surface area contributed by atoms with Gasteiger partial charge in [-0.15, -0.1) is 10.2 Å². The van der Waals surface area contributed by atoms with Crippen molar-refractivity contribution in [2.75, 3.05) is 12.9 Å². The van der Waals surface area contributed by atoms with E-state index in [2.05, 4.69) is 47.6 Å². The molecule has 0 aliphatic heterocycles. The second-order valence-corrected chi connectivity index (χ2v) is 9.95. The number of nitriles is 1. The molecule has 7 nitrogen and oxygen atoms in total. The smallest absolute Gasteiger partial charge is 0.231 e. The summed E-state index contributed by atoms with van der Waals surface area (Å²) in [5.41, 5.74) is 2.23. The van der Waals surface area contributed by atoms with Gasteiger partial charge in [0.2, 0.25) is 5.91 Å². The summed E-state index contributed by atoms with van der Waals surface area (Å²) in [7, 11) is 1.64. The van der Waals surface area contributed by atoms with Crippen molar-refractivity contribution >= 4 is 17.7 Å². The van der Waals surface area contributed by atoms with Crippen molar-refractivity contribution in [1.29, 1.82) is 5.26 Å². The van der Waals surface area contributed by atoms with Crippen molar-refractivity contribution in [2.24, 2.45) is 5.92 Å². The molecule has 8 heteroatoms. The molecule has 2 aromatic carbocycles. The van der Waals surface area contributed by atoms with Gasteiger partial charge in [-0.3, -0.25) is 9.36 Å². The lowest BCUT2D eigenvalue weighted by atomic mass is 9.98. The van der Waals surface area contributed by atoms with E-state index in [9.17, 15) is 10.1 Å². The summed E-state index contributed by atoms with van der Waals surface area (Å²) in [4.78, 5) is 12.7. The van der Waals surface area contributed by atoms with Crippen LogP contribution in [0.4, 0.5) is 0 Å². The summed E-state index contributed by atoms with van der Waals surface area (Å²) < 4.78 is 7.31. The molecule has 1 atom stereocenters. The number of hydrogen-bond acceptors (Lipinski definition) is 6. The maximum Gasteiger partial charge on any atom is 0.231 e. The summed E-state index contributed by atoms with van der Waals surface area (Å²) in [6, 6.07) is 18.1. The monoisotopic (exact) mass is 475 g/mol. The first-order chi connectivity index (χ1) is 16.4. The molecule has 1 fully saturated rings. The number of nitrogens with zero attached hydrogens (tertiary/aromatic N) is 4. The van der Waals surface area contributed by atoms with Crippen LogP contribution in [0.25, 0.3) is 17.1 Å². The summed E-state index contributed by atoms with van der Waals surface area (Å²) in [6.07, 6.45) is 1.95. The predicted octanol–water partition coefficient (Wildman–Crippen LogP) is 4.97. The highest BCUT2D eigenvalue weighted by Crippen LogP contribution is 2.39. The van der Waals surface area contributed by atoms with Crippen molar-refractivity contribution < 1.29 is 9.53 Å².